The molecule has 0 radical (unpaired) electrons. The minimum Gasteiger partial charge on any atom is -0.258 e. The fourth-order valence-corrected chi connectivity index (χ4v) is 0.821. The molecule has 0 aliphatic carbocycles. The molecule has 0 saturated carbocycles. The first kappa shape index (κ1) is 6.84. The molecule has 7 heavy (non-hydrogen) atoms. The van der Waals surface area contributed by atoms with E-state index in [2.05, 4.69) is 18.6 Å². The van der Waals surface area contributed by atoms with Gasteiger partial charge in [0.25, 0.3) is 0 Å². The average molecular weight is 117 g/mol. The molecular weight excluding hydrogens is 106 g/mol. The van der Waals surface area contributed by atoms with Crippen LogP contribution in [-0.2, 0) is 0 Å². The van der Waals surface area contributed by atoms with Crippen LogP contribution in [0.3, 0.4) is 0 Å². The number of rotatable bonds is 2. The number of nitriles is 1. The predicted molar refractivity (Wildman–Crippen MR) is 35.9 cm³/mol. The van der Waals surface area contributed by atoms with E-state index in [4.69, 9.17) is 5.26 Å². The maximum absolute atomic E-state index is 8.08. The Morgan fingerprint density at radius 3 is 2.29 bits per heavy atom. The largest absolute Gasteiger partial charge is 0.258 e. The van der Waals surface area contributed by atoms with Crippen molar-refractivity contribution in [2.24, 2.45) is 0 Å². The van der Waals surface area contributed by atoms with Gasteiger partial charge in [0.15, 0.2) is 0 Å². The second-order valence-electron chi connectivity index (χ2n) is 1.71. The summed E-state index contributed by atoms with van der Waals surface area (Å²) < 4.78 is 0. The SMILES string of the molecule is C[SH](C)CCC#N. The number of hydrogen-bond donors (Lipinski definition) is 1. The smallest absolute Gasteiger partial charge is 0.0629 e. The van der Waals surface area contributed by atoms with Crippen LogP contribution in [0, 0.1) is 11.3 Å². The van der Waals surface area contributed by atoms with Gasteiger partial charge in [-0.1, -0.05) is 0 Å². The van der Waals surface area contributed by atoms with Crippen molar-refractivity contribution in [1.82, 2.24) is 0 Å². The van der Waals surface area contributed by atoms with Gasteiger partial charge in [0.2, 0.25) is 0 Å². The molecule has 1 nitrogen and oxygen atoms in total. The Morgan fingerprint density at radius 1 is 1.57 bits per heavy atom. The summed E-state index contributed by atoms with van der Waals surface area (Å²) in [6.45, 7) is 0. The van der Waals surface area contributed by atoms with E-state index in [0.717, 1.165) is 12.2 Å². The topological polar surface area (TPSA) is 23.8 Å². The summed E-state index contributed by atoms with van der Waals surface area (Å²) in [7, 11) is 0.171. The summed E-state index contributed by atoms with van der Waals surface area (Å²) in [5.41, 5.74) is 0. The Hall–Kier alpha value is -0.160. The Bertz CT molecular complexity index is 72.6. The lowest BCUT2D eigenvalue weighted by molar-refractivity contribution is 1.24. The van der Waals surface area contributed by atoms with Crippen molar-refractivity contribution < 1.29 is 0 Å². The zero-order valence-corrected chi connectivity index (χ0v) is 5.70. The van der Waals surface area contributed by atoms with Gasteiger partial charge < -0.3 is 0 Å². The van der Waals surface area contributed by atoms with Crippen molar-refractivity contribution in [3.8, 4) is 6.07 Å². The van der Waals surface area contributed by atoms with Gasteiger partial charge >= 0.3 is 0 Å². The van der Waals surface area contributed by atoms with Crippen LogP contribution in [0.15, 0.2) is 0 Å². The summed E-state index contributed by atoms with van der Waals surface area (Å²) in [5.74, 6) is 1.10. The molecule has 0 aromatic heterocycles. The molecule has 0 unspecified atom stereocenters. The second-order valence-corrected chi connectivity index (χ2v) is 4.32. The highest BCUT2D eigenvalue weighted by molar-refractivity contribution is 8.15. The van der Waals surface area contributed by atoms with Gasteiger partial charge in [-0.05, 0) is 18.3 Å². The third kappa shape index (κ3) is 5.84. The molecule has 0 fully saturated rings. The highest BCUT2D eigenvalue weighted by atomic mass is 32.2. The molecule has 0 rings (SSSR count). The third-order valence-electron chi connectivity index (χ3n) is 0.671. The highest BCUT2D eigenvalue weighted by Gasteiger charge is 1.83. The van der Waals surface area contributed by atoms with Gasteiger partial charge in [0.05, 0.1) is 6.07 Å². The first-order chi connectivity index (χ1) is 3.27. The van der Waals surface area contributed by atoms with E-state index >= 15 is 0 Å². The summed E-state index contributed by atoms with van der Waals surface area (Å²) in [5, 5.41) is 8.08. The normalized spacial score (nSPS) is 10.1. The number of thiol groups is 1. The molecule has 0 aromatic rings. The van der Waals surface area contributed by atoms with Crippen molar-refractivity contribution in [2.45, 2.75) is 6.42 Å². The van der Waals surface area contributed by atoms with E-state index in [1.54, 1.807) is 0 Å². The summed E-state index contributed by atoms with van der Waals surface area (Å²) in [6.07, 6.45) is 5.11. The molecule has 0 atom stereocenters. The molecule has 0 saturated heterocycles. The molecule has 0 aromatic carbocycles. The fourth-order valence-electron chi connectivity index (χ4n) is 0.274. The maximum atomic E-state index is 8.08. The van der Waals surface area contributed by atoms with Gasteiger partial charge in [-0.25, -0.2) is 0 Å². The molecule has 2 heteroatoms. The molecule has 42 valence electrons. The minimum absolute atomic E-state index is 0.171. The first-order valence-corrected chi connectivity index (χ1v) is 4.71. The molecule has 0 aliphatic heterocycles. The lowest BCUT2D eigenvalue weighted by Crippen LogP contribution is -1.80. The first-order valence-electron chi connectivity index (χ1n) is 2.29. The fraction of sp³-hybridized carbons (Fsp3) is 0.800. The Kier molecular flexibility index (Phi) is 3.92. The van der Waals surface area contributed by atoms with Gasteiger partial charge in [-0.15, -0.1) is 0 Å². The monoisotopic (exact) mass is 117 g/mol. The molecule has 0 amide bonds. The Balaban J connectivity index is 2.86. The average Bonchev–Trinajstić information content (AvgIpc) is 1.61. The van der Waals surface area contributed by atoms with E-state index in [0.29, 0.717) is 0 Å². The van der Waals surface area contributed by atoms with Crippen LogP contribution in [0.1, 0.15) is 6.42 Å². The van der Waals surface area contributed by atoms with Crippen LogP contribution in [0.5, 0.6) is 0 Å². The van der Waals surface area contributed by atoms with Gasteiger partial charge in [-0.2, -0.15) is 5.26 Å². The van der Waals surface area contributed by atoms with Gasteiger partial charge in [-0.3, -0.25) is 10.9 Å². The highest BCUT2D eigenvalue weighted by Crippen LogP contribution is 2.12. The van der Waals surface area contributed by atoms with E-state index in [1.807, 2.05) is 0 Å². The van der Waals surface area contributed by atoms with Crippen molar-refractivity contribution in [3.63, 3.8) is 0 Å². The lowest BCUT2D eigenvalue weighted by atomic mass is 10.6. The van der Waals surface area contributed by atoms with Crippen molar-refractivity contribution >= 4 is 10.9 Å². The van der Waals surface area contributed by atoms with Crippen LogP contribution in [0.2, 0.25) is 0 Å². The zero-order chi connectivity index (χ0) is 5.70. The molecular formula is C5H11NS. The van der Waals surface area contributed by atoms with Gasteiger partial charge in [0, 0.05) is 6.42 Å². The van der Waals surface area contributed by atoms with E-state index in [-0.39, 0.29) is 10.9 Å². The van der Waals surface area contributed by atoms with E-state index < -0.39 is 0 Å². The number of hydrogen-bond acceptors (Lipinski definition) is 1. The minimum atomic E-state index is 0.171. The van der Waals surface area contributed by atoms with Gasteiger partial charge in [0.1, 0.15) is 0 Å². The maximum Gasteiger partial charge on any atom is 0.0629 e. The van der Waals surface area contributed by atoms with Crippen LogP contribution >= 0.6 is 10.9 Å². The Labute approximate surface area is 47.7 Å². The summed E-state index contributed by atoms with van der Waals surface area (Å²) in [6, 6.07) is 2.12. The standard InChI is InChI=1S/C5H11NS/c1-7(2)5-3-4-6/h7H,3,5H2,1-2H3. The molecule has 0 heterocycles. The van der Waals surface area contributed by atoms with Crippen LogP contribution in [0.25, 0.3) is 0 Å². The number of nitrogens with zero attached hydrogens (tertiary/aromatic N) is 1. The van der Waals surface area contributed by atoms with Crippen molar-refractivity contribution in [2.75, 3.05) is 18.3 Å². The predicted octanol–water partition coefficient (Wildman–Crippen LogP) is 1.16. The van der Waals surface area contributed by atoms with E-state index in [9.17, 15) is 0 Å². The van der Waals surface area contributed by atoms with Crippen LogP contribution < -0.4 is 0 Å². The summed E-state index contributed by atoms with van der Waals surface area (Å²) >= 11 is 0. The quantitative estimate of drug-likeness (QED) is 0.539. The summed E-state index contributed by atoms with van der Waals surface area (Å²) in [4.78, 5) is 0. The van der Waals surface area contributed by atoms with Crippen molar-refractivity contribution in [3.05, 3.63) is 0 Å². The third-order valence-corrected chi connectivity index (χ3v) is 1.79. The second kappa shape index (κ2) is 4.01. The molecule has 0 spiro atoms. The molecule has 0 bridgehead atoms. The molecule has 0 N–H and O–H groups in total. The van der Waals surface area contributed by atoms with Crippen LogP contribution in [0.4, 0.5) is 0 Å². The van der Waals surface area contributed by atoms with E-state index in [1.165, 1.54) is 0 Å². The molecule has 0 aliphatic rings. The lowest BCUT2D eigenvalue weighted by Gasteiger charge is -2.01. The van der Waals surface area contributed by atoms with Crippen LogP contribution in [-0.4, -0.2) is 18.3 Å². The van der Waals surface area contributed by atoms with Crippen molar-refractivity contribution in [1.29, 1.82) is 5.26 Å². The zero-order valence-electron chi connectivity index (χ0n) is 4.81. The Morgan fingerprint density at radius 2 is 2.14 bits per heavy atom.